The Hall–Kier alpha value is -3.72. The molecule has 0 fully saturated rings. The number of carbonyl (C=O) groups is 1. The zero-order chi connectivity index (χ0) is 21.2. The Kier molecular flexibility index (Phi) is 5.09. The lowest BCUT2D eigenvalue weighted by Gasteiger charge is -2.36. The molecule has 0 bridgehead atoms. The molecule has 1 aliphatic rings. The van der Waals surface area contributed by atoms with Gasteiger partial charge in [0.15, 0.2) is 0 Å². The van der Waals surface area contributed by atoms with Crippen LogP contribution in [0.2, 0.25) is 0 Å². The summed E-state index contributed by atoms with van der Waals surface area (Å²) in [6.07, 6.45) is 0. The second kappa shape index (κ2) is 8.19. The summed E-state index contributed by atoms with van der Waals surface area (Å²) in [4.78, 5) is 18.1. The maximum absolute atomic E-state index is 13.3. The van der Waals surface area contributed by atoms with E-state index in [4.69, 9.17) is 4.99 Å². The molecule has 3 nitrogen and oxygen atoms in total. The third-order valence-electron chi connectivity index (χ3n) is 6.04. The summed E-state index contributed by atoms with van der Waals surface area (Å²) in [5.74, 6) is -0.106. The topological polar surface area (TPSA) is 41.5 Å². The monoisotopic (exact) mass is 404 g/mol. The summed E-state index contributed by atoms with van der Waals surface area (Å²) in [7, 11) is 0. The fraction of sp³-hybridized carbons (Fsp3) is 0.143. The van der Waals surface area contributed by atoms with Crippen LogP contribution in [0.3, 0.4) is 0 Å². The molecule has 0 aliphatic carbocycles. The summed E-state index contributed by atoms with van der Waals surface area (Å²) in [5.41, 5.74) is 4.29. The molecule has 0 spiro atoms. The lowest BCUT2D eigenvalue weighted by atomic mass is 9.77. The fourth-order valence-corrected chi connectivity index (χ4v) is 4.41. The second-order valence-corrected chi connectivity index (χ2v) is 8.01. The number of rotatable bonds is 5. The SMILES string of the molecule is C[C@H](NC(=O)C1N=C(c2ccccc2)C1c1cccc2ccccc12)c1ccccc1. The average molecular weight is 405 g/mol. The summed E-state index contributed by atoms with van der Waals surface area (Å²) >= 11 is 0. The van der Waals surface area contributed by atoms with E-state index in [1.165, 1.54) is 10.8 Å². The van der Waals surface area contributed by atoms with Gasteiger partial charge < -0.3 is 5.32 Å². The van der Waals surface area contributed by atoms with Gasteiger partial charge in [0.25, 0.3) is 0 Å². The number of fused-ring (bicyclic) bond motifs is 1. The molecule has 1 aliphatic heterocycles. The quantitative estimate of drug-likeness (QED) is 0.457. The first-order chi connectivity index (χ1) is 15.2. The minimum absolute atomic E-state index is 0.0334. The van der Waals surface area contributed by atoms with E-state index in [-0.39, 0.29) is 17.9 Å². The third-order valence-corrected chi connectivity index (χ3v) is 6.04. The second-order valence-electron chi connectivity index (χ2n) is 8.01. The fourth-order valence-electron chi connectivity index (χ4n) is 4.41. The summed E-state index contributed by atoms with van der Waals surface area (Å²) < 4.78 is 0. The molecule has 31 heavy (non-hydrogen) atoms. The number of amides is 1. The van der Waals surface area contributed by atoms with Crippen LogP contribution < -0.4 is 5.32 Å². The van der Waals surface area contributed by atoms with Gasteiger partial charge in [-0.1, -0.05) is 103 Å². The minimum atomic E-state index is -0.438. The van der Waals surface area contributed by atoms with Gasteiger partial charge in [-0.05, 0) is 34.4 Å². The van der Waals surface area contributed by atoms with Gasteiger partial charge >= 0.3 is 0 Å². The van der Waals surface area contributed by atoms with Crippen LogP contribution in [-0.4, -0.2) is 17.7 Å². The van der Waals surface area contributed by atoms with Crippen molar-refractivity contribution in [3.63, 3.8) is 0 Å². The van der Waals surface area contributed by atoms with E-state index in [2.05, 4.69) is 53.8 Å². The van der Waals surface area contributed by atoms with E-state index in [0.717, 1.165) is 22.4 Å². The van der Waals surface area contributed by atoms with Gasteiger partial charge in [0.2, 0.25) is 5.91 Å². The molecule has 3 atom stereocenters. The molecule has 4 aromatic carbocycles. The zero-order valence-electron chi connectivity index (χ0n) is 17.4. The number of carbonyl (C=O) groups excluding carboxylic acids is 1. The van der Waals surface area contributed by atoms with Crippen LogP contribution in [0.5, 0.6) is 0 Å². The van der Waals surface area contributed by atoms with E-state index in [9.17, 15) is 4.79 Å². The van der Waals surface area contributed by atoms with Crippen LogP contribution in [0.15, 0.2) is 108 Å². The number of benzene rings is 4. The van der Waals surface area contributed by atoms with Crippen molar-refractivity contribution in [3.8, 4) is 0 Å². The molecule has 1 heterocycles. The Morgan fingerprint density at radius 1 is 0.806 bits per heavy atom. The highest BCUT2D eigenvalue weighted by molar-refractivity contribution is 6.15. The normalized spacial score (nSPS) is 18.7. The van der Waals surface area contributed by atoms with Crippen molar-refractivity contribution in [2.45, 2.75) is 24.9 Å². The highest BCUT2D eigenvalue weighted by atomic mass is 16.2. The van der Waals surface area contributed by atoms with E-state index in [0.29, 0.717) is 0 Å². The van der Waals surface area contributed by atoms with Crippen molar-refractivity contribution in [2.75, 3.05) is 0 Å². The predicted octanol–water partition coefficient (Wildman–Crippen LogP) is 5.67. The number of aliphatic imine (C=N–C) groups is 1. The number of nitrogens with zero attached hydrogens (tertiary/aromatic N) is 1. The Morgan fingerprint density at radius 2 is 1.45 bits per heavy atom. The largest absolute Gasteiger partial charge is 0.348 e. The maximum atomic E-state index is 13.3. The summed E-state index contributed by atoms with van der Waals surface area (Å²) in [6.45, 7) is 2.01. The number of hydrogen-bond donors (Lipinski definition) is 1. The van der Waals surface area contributed by atoms with Gasteiger partial charge in [-0.3, -0.25) is 9.79 Å². The Balaban J connectivity index is 1.51. The predicted molar refractivity (Wildman–Crippen MR) is 126 cm³/mol. The Morgan fingerprint density at radius 3 is 2.23 bits per heavy atom. The van der Waals surface area contributed by atoms with Crippen LogP contribution in [0.1, 0.15) is 35.6 Å². The van der Waals surface area contributed by atoms with E-state index in [1.54, 1.807) is 0 Å². The number of nitrogens with one attached hydrogen (secondary N) is 1. The van der Waals surface area contributed by atoms with E-state index < -0.39 is 6.04 Å². The van der Waals surface area contributed by atoms with Crippen molar-refractivity contribution in [1.82, 2.24) is 5.32 Å². The summed E-state index contributed by atoms with van der Waals surface area (Å²) in [5, 5.41) is 5.52. The molecule has 3 heteroatoms. The molecule has 2 unspecified atom stereocenters. The van der Waals surface area contributed by atoms with Crippen LogP contribution in [0, 0.1) is 0 Å². The minimum Gasteiger partial charge on any atom is -0.348 e. The van der Waals surface area contributed by atoms with Crippen molar-refractivity contribution >= 4 is 22.4 Å². The zero-order valence-corrected chi connectivity index (χ0v) is 17.4. The van der Waals surface area contributed by atoms with Crippen molar-refractivity contribution in [3.05, 3.63) is 120 Å². The van der Waals surface area contributed by atoms with E-state index in [1.807, 2.05) is 61.5 Å². The standard InChI is InChI=1S/C28H24N2O/c1-19(20-11-4-2-5-12-20)29-28(31)27-25(26(30-27)22-14-6-3-7-15-22)24-18-10-16-21-13-8-9-17-23(21)24/h2-19,25,27H,1H3,(H,29,31)/t19-,25?,27?/m0/s1. The number of hydrogen-bond acceptors (Lipinski definition) is 2. The van der Waals surface area contributed by atoms with Gasteiger partial charge in [-0.2, -0.15) is 0 Å². The lowest BCUT2D eigenvalue weighted by molar-refractivity contribution is -0.123. The van der Waals surface area contributed by atoms with Gasteiger partial charge in [0.05, 0.1) is 17.7 Å². The molecule has 0 aromatic heterocycles. The van der Waals surface area contributed by atoms with Gasteiger partial charge in [-0.15, -0.1) is 0 Å². The van der Waals surface area contributed by atoms with E-state index >= 15 is 0 Å². The molecule has 0 saturated carbocycles. The molecule has 152 valence electrons. The first-order valence-electron chi connectivity index (χ1n) is 10.7. The van der Waals surface area contributed by atoms with Crippen molar-refractivity contribution in [1.29, 1.82) is 0 Å². The lowest BCUT2D eigenvalue weighted by Crippen LogP contribution is -2.47. The molecule has 5 rings (SSSR count). The summed E-state index contributed by atoms with van der Waals surface area (Å²) in [6, 6.07) is 34.4. The highest BCUT2D eigenvalue weighted by Crippen LogP contribution is 2.39. The highest BCUT2D eigenvalue weighted by Gasteiger charge is 2.42. The molecular weight excluding hydrogens is 380 g/mol. The molecule has 1 amide bonds. The molecular formula is C28H24N2O. The van der Waals surface area contributed by atoms with Gasteiger partial charge in [0, 0.05) is 0 Å². The third kappa shape index (κ3) is 3.64. The molecule has 4 aromatic rings. The van der Waals surface area contributed by atoms with Crippen LogP contribution in [0.4, 0.5) is 0 Å². The molecule has 0 radical (unpaired) electrons. The van der Waals surface area contributed by atoms with Crippen LogP contribution >= 0.6 is 0 Å². The Labute approximate surface area is 182 Å². The van der Waals surface area contributed by atoms with Crippen LogP contribution in [-0.2, 0) is 4.79 Å². The maximum Gasteiger partial charge on any atom is 0.246 e. The van der Waals surface area contributed by atoms with Gasteiger partial charge in [-0.25, -0.2) is 0 Å². The van der Waals surface area contributed by atoms with Crippen molar-refractivity contribution in [2.24, 2.45) is 4.99 Å². The Bertz CT molecular complexity index is 1240. The van der Waals surface area contributed by atoms with Crippen molar-refractivity contribution < 1.29 is 4.79 Å². The van der Waals surface area contributed by atoms with Crippen LogP contribution in [0.25, 0.3) is 10.8 Å². The molecule has 0 saturated heterocycles. The van der Waals surface area contributed by atoms with Gasteiger partial charge in [0.1, 0.15) is 6.04 Å². The average Bonchev–Trinajstić information content (AvgIpc) is 2.80. The smallest absolute Gasteiger partial charge is 0.246 e. The first kappa shape index (κ1) is 19.3. The first-order valence-corrected chi connectivity index (χ1v) is 10.7. The molecule has 1 N–H and O–H groups in total.